The fourth-order valence-corrected chi connectivity index (χ4v) is 2.39. The summed E-state index contributed by atoms with van der Waals surface area (Å²) in [7, 11) is 0. The van der Waals surface area contributed by atoms with Crippen molar-refractivity contribution in [3.63, 3.8) is 0 Å². The minimum Gasteiger partial charge on any atom is -0.385 e. The van der Waals surface area contributed by atoms with Crippen LogP contribution in [0.25, 0.3) is 0 Å². The number of nitro groups is 1. The minimum atomic E-state index is -0.353. The lowest BCUT2D eigenvalue weighted by atomic mass is 10.1. The van der Waals surface area contributed by atoms with Gasteiger partial charge in [0.1, 0.15) is 0 Å². The molecule has 0 radical (unpaired) electrons. The first-order valence-corrected chi connectivity index (χ1v) is 7.26. The van der Waals surface area contributed by atoms with Gasteiger partial charge in [0.15, 0.2) is 0 Å². The molecular formula is C13H19IN2O2. The fourth-order valence-electron chi connectivity index (χ4n) is 1.68. The van der Waals surface area contributed by atoms with E-state index < -0.39 is 0 Å². The molecular weight excluding hydrogens is 343 g/mol. The Balaban J connectivity index is 2.39. The molecule has 0 amide bonds. The summed E-state index contributed by atoms with van der Waals surface area (Å²) in [6, 6.07) is 5.14. The van der Waals surface area contributed by atoms with Crippen molar-refractivity contribution in [2.24, 2.45) is 5.92 Å². The zero-order valence-electron chi connectivity index (χ0n) is 10.8. The summed E-state index contributed by atoms with van der Waals surface area (Å²) in [4.78, 5) is 10.3. The molecule has 0 unspecified atom stereocenters. The fraction of sp³-hybridized carbons (Fsp3) is 0.538. The number of nitrogens with zero attached hydrogens (tertiary/aromatic N) is 1. The monoisotopic (exact) mass is 362 g/mol. The van der Waals surface area contributed by atoms with Crippen LogP contribution in [0.4, 0.5) is 11.4 Å². The lowest BCUT2D eigenvalue weighted by Gasteiger charge is -2.08. The Kier molecular flexibility index (Phi) is 6.38. The zero-order valence-corrected chi connectivity index (χ0v) is 12.9. The van der Waals surface area contributed by atoms with Crippen molar-refractivity contribution in [3.05, 3.63) is 31.9 Å². The molecule has 0 bridgehead atoms. The van der Waals surface area contributed by atoms with Gasteiger partial charge in [0.2, 0.25) is 0 Å². The second kappa shape index (κ2) is 7.56. The Morgan fingerprint density at radius 2 is 2.11 bits per heavy atom. The van der Waals surface area contributed by atoms with Crippen molar-refractivity contribution < 1.29 is 4.92 Å². The molecule has 100 valence electrons. The number of unbranched alkanes of at least 4 members (excludes halogenated alkanes) is 1. The molecule has 0 aliphatic carbocycles. The lowest BCUT2D eigenvalue weighted by Crippen LogP contribution is -2.03. The number of rotatable bonds is 7. The molecule has 0 heterocycles. The van der Waals surface area contributed by atoms with Crippen LogP contribution in [0.2, 0.25) is 0 Å². The average molecular weight is 362 g/mol. The molecule has 1 aromatic rings. The van der Waals surface area contributed by atoms with Crippen LogP contribution in [0.15, 0.2) is 18.2 Å². The van der Waals surface area contributed by atoms with Gasteiger partial charge < -0.3 is 5.32 Å². The number of hydrogen-bond donors (Lipinski definition) is 1. The van der Waals surface area contributed by atoms with Crippen LogP contribution in [0.5, 0.6) is 0 Å². The standard InChI is InChI=1S/C13H19IN2O2/c1-10(2)5-3-4-8-15-11-6-7-13(16(17)18)12(14)9-11/h6-7,9-10,15H,3-5,8H2,1-2H3. The van der Waals surface area contributed by atoms with Gasteiger partial charge in [0.25, 0.3) is 5.69 Å². The van der Waals surface area contributed by atoms with Gasteiger partial charge in [0.05, 0.1) is 8.49 Å². The highest BCUT2D eigenvalue weighted by Gasteiger charge is 2.10. The maximum atomic E-state index is 10.7. The molecule has 0 fully saturated rings. The first kappa shape index (κ1) is 15.2. The van der Waals surface area contributed by atoms with Crippen molar-refractivity contribution in [3.8, 4) is 0 Å². The van der Waals surface area contributed by atoms with Crippen molar-refractivity contribution in [2.75, 3.05) is 11.9 Å². The van der Waals surface area contributed by atoms with Crippen LogP contribution in [0.1, 0.15) is 33.1 Å². The number of halogens is 1. The summed E-state index contributed by atoms with van der Waals surface area (Å²) in [6.07, 6.45) is 3.60. The van der Waals surface area contributed by atoms with Gasteiger partial charge in [-0.15, -0.1) is 0 Å². The highest BCUT2D eigenvalue weighted by molar-refractivity contribution is 14.1. The molecule has 0 saturated heterocycles. The summed E-state index contributed by atoms with van der Waals surface area (Å²) in [5.41, 5.74) is 1.12. The van der Waals surface area contributed by atoms with Crippen LogP contribution in [0.3, 0.4) is 0 Å². The summed E-state index contributed by atoms with van der Waals surface area (Å²) < 4.78 is 0.671. The topological polar surface area (TPSA) is 55.2 Å². The summed E-state index contributed by atoms with van der Waals surface area (Å²) in [6.45, 7) is 5.37. The van der Waals surface area contributed by atoms with E-state index in [2.05, 4.69) is 19.2 Å². The van der Waals surface area contributed by atoms with E-state index in [1.165, 1.54) is 12.8 Å². The maximum Gasteiger partial charge on any atom is 0.282 e. The Labute approximate surface area is 121 Å². The quantitative estimate of drug-likeness (QED) is 0.338. The third-order valence-electron chi connectivity index (χ3n) is 2.68. The van der Waals surface area contributed by atoms with Gasteiger partial charge in [-0.25, -0.2) is 0 Å². The first-order chi connectivity index (χ1) is 8.50. The van der Waals surface area contributed by atoms with Crippen LogP contribution in [-0.2, 0) is 0 Å². The van der Waals surface area contributed by atoms with Crippen molar-refractivity contribution in [2.45, 2.75) is 33.1 Å². The van der Waals surface area contributed by atoms with E-state index in [4.69, 9.17) is 0 Å². The van der Waals surface area contributed by atoms with E-state index in [0.717, 1.165) is 24.6 Å². The van der Waals surface area contributed by atoms with Gasteiger partial charge in [-0.1, -0.05) is 26.7 Å². The van der Waals surface area contributed by atoms with Gasteiger partial charge in [0, 0.05) is 18.3 Å². The molecule has 5 heteroatoms. The van der Waals surface area contributed by atoms with Gasteiger partial charge >= 0.3 is 0 Å². The van der Waals surface area contributed by atoms with Crippen LogP contribution < -0.4 is 5.32 Å². The van der Waals surface area contributed by atoms with E-state index in [1.54, 1.807) is 12.1 Å². The van der Waals surface area contributed by atoms with Gasteiger partial charge in [-0.2, -0.15) is 0 Å². The molecule has 0 atom stereocenters. The van der Waals surface area contributed by atoms with Gasteiger partial charge in [-0.05, 0) is 47.1 Å². The van der Waals surface area contributed by atoms with Crippen LogP contribution in [0, 0.1) is 19.6 Å². The smallest absolute Gasteiger partial charge is 0.282 e. The molecule has 1 N–H and O–H groups in total. The Hall–Kier alpha value is -0.850. The average Bonchev–Trinajstić information content (AvgIpc) is 2.27. The molecule has 1 aromatic carbocycles. The zero-order chi connectivity index (χ0) is 13.5. The maximum absolute atomic E-state index is 10.7. The molecule has 0 saturated carbocycles. The largest absolute Gasteiger partial charge is 0.385 e. The molecule has 4 nitrogen and oxygen atoms in total. The summed E-state index contributed by atoms with van der Waals surface area (Å²) in [5.74, 6) is 0.755. The number of nitro benzene ring substituents is 1. The third kappa shape index (κ3) is 5.20. The van der Waals surface area contributed by atoms with E-state index in [0.29, 0.717) is 3.57 Å². The number of benzene rings is 1. The van der Waals surface area contributed by atoms with E-state index >= 15 is 0 Å². The normalized spacial score (nSPS) is 10.7. The summed E-state index contributed by atoms with van der Waals surface area (Å²) in [5, 5.41) is 14.0. The lowest BCUT2D eigenvalue weighted by molar-refractivity contribution is -0.385. The summed E-state index contributed by atoms with van der Waals surface area (Å²) >= 11 is 2.00. The Morgan fingerprint density at radius 3 is 2.67 bits per heavy atom. The number of hydrogen-bond acceptors (Lipinski definition) is 3. The molecule has 0 spiro atoms. The van der Waals surface area contributed by atoms with Crippen LogP contribution in [-0.4, -0.2) is 11.5 Å². The number of anilines is 1. The number of nitrogens with one attached hydrogen (secondary N) is 1. The minimum absolute atomic E-state index is 0.168. The third-order valence-corrected chi connectivity index (χ3v) is 3.55. The Morgan fingerprint density at radius 1 is 1.39 bits per heavy atom. The predicted octanol–water partition coefficient (Wildman–Crippen LogP) is 4.44. The van der Waals surface area contributed by atoms with Crippen molar-refractivity contribution in [1.82, 2.24) is 0 Å². The second-order valence-electron chi connectivity index (χ2n) is 4.74. The molecule has 0 aliphatic rings. The van der Waals surface area contributed by atoms with Crippen LogP contribution >= 0.6 is 22.6 Å². The first-order valence-electron chi connectivity index (χ1n) is 6.18. The van der Waals surface area contributed by atoms with Gasteiger partial charge in [-0.3, -0.25) is 10.1 Å². The van der Waals surface area contributed by atoms with E-state index in [1.807, 2.05) is 28.7 Å². The molecule has 18 heavy (non-hydrogen) atoms. The highest BCUT2D eigenvalue weighted by Crippen LogP contribution is 2.24. The van der Waals surface area contributed by atoms with E-state index in [-0.39, 0.29) is 10.6 Å². The molecule has 0 aliphatic heterocycles. The molecule has 0 aromatic heterocycles. The SMILES string of the molecule is CC(C)CCCCNc1ccc([N+](=O)[O-])c(I)c1. The second-order valence-corrected chi connectivity index (χ2v) is 5.90. The Bertz CT molecular complexity index is 408. The van der Waals surface area contributed by atoms with Crippen molar-refractivity contribution >= 4 is 34.0 Å². The van der Waals surface area contributed by atoms with E-state index in [9.17, 15) is 10.1 Å². The predicted molar refractivity (Wildman–Crippen MR) is 83.0 cm³/mol. The van der Waals surface area contributed by atoms with Crippen molar-refractivity contribution in [1.29, 1.82) is 0 Å². The molecule has 1 rings (SSSR count). The highest BCUT2D eigenvalue weighted by atomic mass is 127.